The number of ketones is 1. The van der Waals surface area contributed by atoms with Gasteiger partial charge in [-0.15, -0.1) is 0 Å². The number of methoxy groups -OCH3 is 2. The van der Waals surface area contributed by atoms with Crippen molar-refractivity contribution >= 4 is 40.7 Å². The molecule has 0 aromatic heterocycles. The number of Topliss-reactive ketones (excluding diaryl/α,β-unsaturated/α-hetero) is 1. The van der Waals surface area contributed by atoms with Crippen LogP contribution in [-0.4, -0.2) is 47.6 Å². The number of phenolic OH excluding ortho intramolecular Hbond substituents is 1. The lowest BCUT2D eigenvalue weighted by molar-refractivity contribution is -0.140. The van der Waals surface area contributed by atoms with Crippen molar-refractivity contribution in [2.75, 3.05) is 20.8 Å². The van der Waals surface area contributed by atoms with Crippen LogP contribution in [0.5, 0.6) is 23.0 Å². The first-order valence-electron chi connectivity index (χ1n) is 11.6. The molecule has 1 saturated heterocycles. The van der Waals surface area contributed by atoms with Crippen LogP contribution in [0.3, 0.4) is 0 Å². The molecule has 2 N–H and O–H groups in total. The van der Waals surface area contributed by atoms with Gasteiger partial charge in [-0.25, -0.2) is 0 Å². The van der Waals surface area contributed by atoms with Gasteiger partial charge in [-0.2, -0.15) is 0 Å². The van der Waals surface area contributed by atoms with Crippen LogP contribution in [0.25, 0.3) is 5.76 Å². The van der Waals surface area contributed by atoms with Gasteiger partial charge in [0.2, 0.25) is 0 Å². The number of rotatable bonds is 8. The second kappa shape index (κ2) is 11.2. The molecule has 0 saturated carbocycles. The number of hydrogen-bond acceptors (Lipinski definition) is 7. The Hall–Kier alpha value is -3.88. The summed E-state index contributed by atoms with van der Waals surface area (Å²) in [5.41, 5.74) is 0.923. The Morgan fingerprint density at radius 1 is 1.00 bits per heavy atom. The zero-order valence-corrected chi connectivity index (χ0v) is 22.3. The molecule has 0 bridgehead atoms. The number of para-hydroxylation sites is 1. The SMILES string of the molecule is CCOc1cc(C2/C(=C(\O)c3cc(Cl)cc(Cl)c3OC)C(=O)C(=O)N2Cc2ccccc2OC)ccc1O. The van der Waals surface area contributed by atoms with E-state index in [2.05, 4.69) is 0 Å². The third kappa shape index (κ3) is 4.97. The molecule has 8 nitrogen and oxygen atoms in total. The number of aliphatic hydroxyl groups excluding tert-OH is 1. The van der Waals surface area contributed by atoms with E-state index in [1.54, 1.807) is 37.3 Å². The predicted octanol–water partition coefficient (Wildman–Crippen LogP) is 5.74. The maximum absolute atomic E-state index is 13.5. The molecule has 1 unspecified atom stereocenters. The maximum atomic E-state index is 13.5. The molecule has 3 aromatic carbocycles. The molecule has 1 aliphatic heterocycles. The molecule has 1 aliphatic rings. The van der Waals surface area contributed by atoms with Crippen LogP contribution in [0.1, 0.15) is 29.7 Å². The van der Waals surface area contributed by atoms with E-state index in [1.807, 2.05) is 0 Å². The van der Waals surface area contributed by atoms with E-state index in [4.69, 9.17) is 37.4 Å². The minimum Gasteiger partial charge on any atom is -0.507 e. The fourth-order valence-electron chi connectivity index (χ4n) is 4.47. The maximum Gasteiger partial charge on any atom is 0.295 e. The molecule has 1 fully saturated rings. The normalized spacial score (nSPS) is 16.6. The third-order valence-corrected chi connectivity index (χ3v) is 6.64. The van der Waals surface area contributed by atoms with Gasteiger partial charge in [-0.3, -0.25) is 9.59 Å². The molecule has 4 rings (SSSR count). The molecule has 0 aliphatic carbocycles. The Morgan fingerprint density at radius 2 is 1.74 bits per heavy atom. The van der Waals surface area contributed by atoms with Gasteiger partial charge >= 0.3 is 0 Å². The topological polar surface area (TPSA) is 106 Å². The summed E-state index contributed by atoms with van der Waals surface area (Å²) >= 11 is 12.5. The minimum absolute atomic E-state index is 0.00564. The number of likely N-dealkylation sites (tertiary alicyclic amines) is 1. The van der Waals surface area contributed by atoms with E-state index in [-0.39, 0.29) is 51.6 Å². The van der Waals surface area contributed by atoms with Crippen molar-refractivity contribution in [3.05, 3.63) is 86.9 Å². The van der Waals surface area contributed by atoms with Gasteiger partial charge < -0.3 is 29.3 Å². The Kier molecular flexibility index (Phi) is 8.04. The number of carbonyl (C=O) groups is 2. The van der Waals surface area contributed by atoms with E-state index >= 15 is 0 Å². The summed E-state index contributed by atoms with van der Waals surface area (Å²) in [6, 6.07) is 13.4. The van der Waals surface area contributed by atoms with Crippen LogP contribution in [-0.2, 0) is 16.1 Å². The molecule has 10 heteroatoms. The average molecular weight is 558 g/mol. The van der Waals surface area contributed by atoms with Crippen molar-refractivity contribution in [3.63, 3.8) is 0 Å². The van der Waals surface area contributed by atoms with Gasteiger partial charge in [-0.05, 0) is 42.8 Å². The number of halogens is 2. The number of hydrogen-bond donors (Lipinski definition) is 2. The molecule has 0 radical (unpaired) electrons. The van der Waals surface area contributed by atoms with Crippen LogP contribution < -0.4 is 14.2 Å². The summed E-state index contributed by atoms with van der Waals surface area (Å²) in [5, 5.41) is 22.1. The highest BCUT2D eigenvalue weighted by atomic mass is 35.5. The lowest BCUT2D eigenvalue weighted by Crippen LogP contribution is -2.29. The van der Waals surface area contributed by atoms with Crippen molar-refractivity contribution in [1.82, 2.24) is 4.90 Å². The highest BCUT2D eigenvalue weighted by Crippen LogP contribution is 2.45. The summed E-state index contributed by atoms with van der Waals surface area (Å²) in [5.74, 6) is -1.59. The Labute approximate surface area is 229 Å². The second-order valence-corrected chi connectivity index (χ2v) is 9.21. The molecule has 38 heavy (non-hydrogen) atoms. The molecule has 1 atom stereocenters. The summed E-state index contributed by atoms with van der Waals surface area (Å²) < 4.78 is 16.3. The van der Waals surface area contributed by atoms with Crippen molar-refractivity contribution in [3.8, 4) is 23.0 Å². The number of aromatic hydroxyl groups is 1. The van der Waals surface area contributed by atoms with E-state index in [0.717, 1.165) is 0 Å². The first kappa shape index (κ1) is 27.2. The van der Waals surface area contributed by atoms with Gasteiger partial charge in [-0.1, -0.05) is 47.5 Å². The first-order valence-corrected chi connectivity index (χ1v) is 12.4. The highest BCUT2D eigenvalue weighted by Gasteiger charge is 2.47. The van der Waals surface area contributed by atoms with Crippen molar-refractivity contribution in [1.29, 1.82) is 0 Å². The van der Waals surface area contributed by atoms with Crippen LogP contribution in [0.15, 0.2) is 60.2 Å². The van der Waals surface area contributed by atoms with E-state index in [1.165, 1.54) is 43.4 Å². The fourth-order valence-corrected chi connectivity index (χ4v) is 5.04. The third-order valence-electron chi connectivity index (χ3n) is 6.14. The Bertz CT molecular complexity index is 1440. The number of ether oxygens (including phenoxy) is 3. The van der Waals surface area contributed by atoms with Gasteiger partial charge in [0, 0.05) is 10.6 Å². The molecule has 198 valence electrons. The summed E-state index contributed by atoms with van der Waals surface area (Å²) in [6.07, 6.45) is 0. The summed E-state index contributed by atoms with van der Waals surface area (Å²) in [7, 11) is 2.87. The zero-order valence-electron chi connectivity index (χ0n) is 20.8. The average Bonchev–Trinajstić information content (AvgIpc) is 3.14. The Balaban J connectivity index is 1.97. The molecular weight excluding hydrogens is 533 g/mol. The quantitative estimate of drug-likeness (QED) is 0.207. The van der Waals surface area contributed by atoms with Crippen molar-refractivity contribution in [2.45, 2.75) is 19.5 Å². The molecule has 1 heterocycles. The summed E-state index contributed by atoms with van der Waals surface area (Å²) in [4.78, 5) is 28.2. The minimum atomic E-state index is -1.05. The van der Waals surface area contributed by atoms with Crippen molar-refractivity contribution in [2.24, 2.45) is 0 Å². The largest absolute Gasteiger partial charge is 0.507 e. The van der Waals surface area contributed by atoms with Crippen LogP contribution in [0.2, 0.25) is 10.0 Å². The lowest BCUT2D eigenvalue weighted by atomic mass is 9.94. The van der Waals surface area contributed by atoms with E-state index in [9.17, 15) is 19.8 Å². The first-order chi connectivity index (χ1) is 18.2. The monoisotopic (exact) mass is 557 g/mol. The molecular formula is C28H25Cl2NO7. The second-order valence-electron chi connectivity index (χ2n) is 8.37. The Morgan fingerprint density at radius 3 is 2.42 bits per heavy atom. The van der Waals surface area contributed by atoms with E-state index in [0.29, 0.717) is 16.9 Å². The summed E-state index contributed by atoms with van der Waals surface area (Å²) in [6.45, 7) is 2.03. The number of benzene rings is 3. The molecule has 3 aromatic rings. The number of nitrogens with zero attached hydrogens (tertiary/aromatic N) is 1. The number of aliphatic hydroxyl groups is 1. The van der Waals surface area contributed by atoms with Crippen LogP contribution in [0.4, 0.5) is 0 Å². The zero-order chi connectivity index (χ0) is 27.6. The number of phenols is 1. The fraction of sp³-hybridized carbons (Fsp3) is 0.214. The van der Waals surface area contributed by atoms with Gasteiger partial charge in [0.15, 0.2) is 11.5 Å². The van der Waals surface area contributed by atoms with Crippen molar-refractivity contribution < 1.29 is 34.0 Å². The smallest absolute Gasteiger partial charge is 0.295 e. The highest BCUT2D eigenvalue weighted by molar-refractivity contribution is 6.46. The predicted molar refractivity (Wildman–Crippen MR) is 143 cm³/mol. The number of carbonyl (C=O) groups excluding carboxylic acids is 2. The van der Waals surface area contributed by atoms with Crippen LogP contribution in [0, 0.1) is 0 Å². The van der Waals surface area contributed by atoms with Gasteiger partial charge in [0.25, 0.3) is 11.7 Å². The van der Waals surface area contributed by atoms with Gasteiger partial charge in [0.1, 0.15) is 17.3 Å². The standard InChI is InChI=1S/C28H25Cl2NO7/c1-4-38-22-11-15(9-10-20(22)32)24-23(25(33)18-12-17(29)13-19(30)27(18)37-3)26(34)28(35)31(24)14-16-7-5-6-8-21(16)36-2/h5-13,24,32-33H,4,14H2,1-3H3/b25-23+. The molecule has 0 spiro atoms. The van der Waals surface area contributed by atoms with E-state index < -0.39 is 23.5 Å². The molecule has 1 amide bonds. The lowest BCUT2D eigenvalue weighted by Gasteiger charge is -2.26. The van der Waals surface area contributed by atoms with Gasteiger partial charge in [0.05, 0.1) is 49.6 Å². The number of amides is 1. The van der Waals surface area contributed by atoms with Crippen LogP contribution >= 0.6 is 23.2 Å².